The zero-order valence-corrected chi connectivity index (χ0v) is 9.06. The summed E-state index contributed by atoms with van der Waals surface area (Å²) in [6.45, 7) is 8.21. The predicted molar refractivity (Wildman–Crippen MR) is 59.6 cm³/mol. The van der Waals surface area contributed by atoms with E-state index in [0.717, 1.165) is 22.6 Å². The number of nitrogen functional groups attached to an aromatic ring is 1. The highest BCUT2D eigenvalue weighted by Gasteiger charge is 2.12. The summed E-state index contributed by atoms with van der Waals surface area (Å²) in [4.78, 5) is 0. The van der Waals surface area contributed by atoms with Crippen molar-refractivity contribution in [2.45, 2.75) is 27.7 Å². The molecule has 74 valence electrons. The molecule has 14 heavy (non-hydrogen) atoms. The SMILES string of the molecule is Cc1oc2cc(N)c(C)c(C)c2c1C. The molecule has 1 aromatic carbocycles. The first-order valence-corrected chi connectivity index (χ1v) is 4.77. The van der Waals surface area contributed by atoms with Gasteiger partial charge in [0, 0.05) is 17.1 Å². The Bertz CT molecular complexity index is 509. The third-order valence-electron chi connectivity index (χ3n) is 3.07. The van der Waals surface area contributed by atoms with Gasteiger partial charge in [-0.2, -0.15) is 0 Å². The van der Waals surface area contributed by atoms with Crippen LogP contribution in [0.25, 0.3) is 11.0 Å². The molecule has 2 nitrogen and oxygen atoms in total. The lowest BCUT2D eigenvalue weighted by atomic mass is 10.0. The van der Waals surface area contributed by atoms with Gasteiger partial charge in [-0.25, -0.2) is 0 Å². The van der Waals surface area contributed by atoms with Crippen LogP contribution in [0.2, 0.25) is 0 Å². The second-order valence-corrected chi connectivity index (χ2v) is 3.87. The molecular formula is C12H15NO. The van der Waals surface area contributed by atoms with Gasteiger partial charge in [-0.15, -0.1) is 0 Å². The van der Waals surface area contributed by atoms with Crippen molar-refractivity contribution >= 4 is 16.7 Å². The van der Waals surface area contributed by atoms with E-state index in [0.29, 0.717) is 0 Å². The van der Waals surface area contributed by atoms with Crippen LogP contribution < -0.4 is 5.73 Å². The van der Waals surface area contributed by atoms with E-state index in [1.165, 1.54) is 16.5 Å². The highest BCUT2D eigenvalue weighted by atomic mass is 16.3. The molecule has 0 saturated heterocycles. The van der Waals surface area contributed by atoms with E-state index in [2.05, 4.69) is 13.8 Å². The van der Waals surface area contributed by atoms with Crippen LogP contribution in [0.1, 0.15) is 22.5 Å². The molecule has 0 radical (unpaired) electrons. The lowest BCUT2D eigenvalue weighted by Gasteiger charge is -2.05. The molecule has 0 unspecified atom stereocenters. The van der Waals surface area contributed by atoms with Crippen molar-refractivity contribution in [2.24, 2.45) is 0 Å². The third kappa shape index (κ3) is 1.03. The number of hydrogen-bond acceptors (Lipinski definition) is 2. The summed E-state index contributed by atoms with van der Waals surface area (Å²) in [6, 6.07) is 1.91. The Morgan fingerprint density at radius 1 is 1.00 bits per heavy atom. The average molecular weight is 189 g/mol. The van der Waals surface area contributed by atoms with E-state index < -0.39 is 0 Å². The quantitative estimate of drug-likeness (QED) is 0.646. The first kappa shape index (κ1) is 9.13. The second kappa shape index (κ2) is 2.77. The molecule has 0 fully saturated rings. The van der Waals surface area contributed by atoms with Crippen molar-refractivity contribution in [2.75, 3.05) is 5.73 Å². The monoisotopic (exact) mass is 189 g/mol. The molecule has 0 bridgehead atoms. The van der Waals surface area contributed by atoms with E-state index in [1.54, 1.807) is 0 Å². The number of furan rings is 1. The topological polar surface area (TPSA) is 39.2 Å². The minimum atomic E-state index is 0.809. The van der Waals surface area contributed by atoms with Crippen molar-refractivity contribution in [3.8, 4) is 0 Å². The molecule has 0 aliphatic carbocycles. The zero-order chi connectivity index (χ0) is 10.5. The Balaban J connectivity index is 2.99. The van der Waals surface area contributed by atoms with Crippen molar-refractivity contribution < 1.29 is 4.42 Å². The van der Waals surface area contributed by atoms with Crippen LogP contribution in [0.15, 0.2) is 10.5 Å². The summed E-state index contributed by atoms with van der Waals surface area (Å²) in [5.41, 5.74) is 11.2. The largest absolute Gasteiger partial charge is 0.461 e. The molecule has 0 atom stereocenters. The lowest BCUT2D eigenvalue weighted by molar-refractivity contribution is 0.575. The van der Waals surface area contributed by atoms with Gasteiger partial charge in [0.15, 0.2) is 0 Å². The zero-order valence-electron chi connectivity index (χ0n) is 9.06. The molecule has 2 aromatic rings. The predicted octanol–water partition coefficient (Wildman–Crippen LogP) is 3.25. The fraction of sp³-hybridized carbons (Fsp3) is 0.333. The number of hydrogen-bond donors (Lipinski definition) is 1. The number of aryl methyl sites for hydroxylation is 3. The van der Waals surface area contributed by atoms with Crippen molar-refractivity contribution in [3.05, 3.63) is 28.5 Å². The van der Waals surface area contributed by atoms with Crippen LogP contribution in [0, 0.1) is 27.7 Å². The maximum atomic E-state index is 5.89. The van der Waals surface area contributed by atoms with Crippen LogP contribution in [-0.2, 0) is 0 Å². The fourth-order valence-corrected chi connectivity index (χ4v) is 1.87. The molecule has 2 rings (SSSR count). The van der Waals surface area contributed by atoms with E-state index in [9.17, 15) is 0 Å². The summed E-state index contributed by atoms with van der Waals surface area (Å²) in [7, 11) is 0. The van der Waals surface area contributed by atoms with Gasteiger partial charge in [0.2, 0.25) is 0 Å². The number of nitrogens with two attached hydrogens (primary N) is 1. The van der Waals surface area contributed by atoms with Gasteiger partial charge < -0.3 is 10.2 Å². The Labute approximate surface area is 83.7 Å². The summed E-state index contributed by atoms with van der Waals surface area (Å²) >= 11 is 0. The summed E-state index contributed by atoms with van der Waals surface area (Å²) in [6.07, 6.45) is 0. The van der Waals surface area contributed by atoms with E-state index >= 15 is 0 Å². The summed E-state index contributed by atoms with van der Waals surface area (Å²) in [5.74, 6) is 0.980. The minimum absolute atomic E-state index is 0.809. The van der Waals surface area contributed by atoms with Crippen molar-refractivity contribution in [1.29, 1.82) is 0 Å². The molecule has 2 N–H and O–H groups in total. The molecule has 0 amide bonds. The maximum Gasteiger partial charge on any atom is 0.136 e. The van der Waals surface area contributed by atoms with E-state index in [4.69, 9.17) is 10.2 Å². The van der Waals surface area contributed by atoms with Crippen LogP contribution in [0.4, 0.5) is 5.69 Å². The smallest absolute Gasteiger partial charge is 0.136 e. The number of benzene rings is 1. The van der Waals surface area contributed by atoms with Gasteiger partial charge in [0.05, 0.1) is 0 Å². The molecule has 2 heteroatoms. The van der Waals surface area contributed by atoms with E-state index in [1.807, 2.05) is 19.9 Å². The Hall–Kier alpha value is -1.44. The Kier molecular flexibility index (Phi) is 1.81. The number of rotatable bonds is 0. The maximum absolute atomic E-state index is 5.89. The normalized spacial score (nSPS) is 11.1. The highest BCUT2D eigenvalue weighted by molar-refractivity contribution is 5.89. The first-order chi connectivity index (χ1) is 6.52. The molecule has 1 aromatic heterocycles. The molecule has 0 aliphatic rings. The first-order valence-electron chi connectivity index (χ1n) is 4.77. The Morgan fingerprint density at radius 3 is 2.29 bits per heavy atom. The molecule has 0 saturated carbocycles. The van der Waals surface area contributed by atoms with Gasteiger partial charge in [0.1, 0.15) is 11.3 Å². The highest BCUT2D eigenvalue weighted by Crippen LogP contribution is 2.32. The van der Waals surface area contributed by atoms with Gasteiger partial charge in [0.25, 0.3) is 0 Å². The summed E-state index contributed by atoms with van der Waals surface area (Å²) in [5, 5.41) is 1.22. The third-order valence-corrected chi connectivity index (χ3v) is 3.07. The Morgan fingerprint density at radius 2 is 1.64 bits per heavy atom. The van der Waals surface area contributed by atoms with Gasteiger partial charge in [-0.3, -0.25) is 0 Å². The number of anilines is 1. The fourth-order valence-electron chi connectivity index (χ4n) is 1.87. The minimum Gasteiger partial charge on any atom is -0.461 e. The van der Waals surface area contributed by atoms with Gasteiger partial charge in [-0.1, -0.05) is 0 Å². The molecular weight excluding hydrogens is 174 g/mol. The molecule has 1 heterocycles. The van der Waals surface area contributed by atoms with Crippen LogP contribution in [0.5, 0.6) is 0 Å². The van der Waals surface area contributed by atoms with Gasteiger partial charge in [-0.05, 0) is 44.4 Å². The van der Waals surface area contributed by atoms with E-state index in [-0.39, 0.29) is 0 Å². The summed E-state index contributed by atoms with van der Waals surface area (Å²) < 4.78 is 5.64. The van der Waals surface area contributed by atoms with Crippen LogP contribution >= 0.6 is 0 Å². The standard InChI is InChI=1S/C12H15NO/c1-6-7(2)12-8(3)9(4)14-11(12)5-10(6)13/h5H,13H2,1-4H3. The van der Waals surface area contributed by atoms with Crippen molar-refractivity contribution in [3.63, 3.8) is 0 Å². The lowest BCUT2D eigenvalue weighted by Crippen LogP contribution is -1.92. The van der Waals surface area contributed by atoms with Crippen molar-refractivity contribution in [1.82, 2.24) is 0 Å². The molecule has 0 aliphatic heterocycles. The van der Waals surface area contributed by atoms with Crippen LogP contribution in [-0.4, -0.2) is 0 Å². The second-order valence-electron chi connectivity index (χ2n) is 3.87. The van der Waals surface area contributed by atoms with Crippen LogP contribution in [0.3, 0.4) is 0 Å². The number of fused-ring (bicyclic) bond motifs is 1. The van der Waals surface area contributed by atoms with Gasteiger partial charge >= 0.3 is 0 Å². The molecule has 0 spiro atoms. The average Bonchev–Trinajstić information content (AvgIpc) is 2.39.